The van der Waals surface area contributed by atoms with E-state index in [1.165, 1.54) is 4.90 Å². The summed E-state index contributed by atoms with van der Waals surface area (Å²) in [6.07, 6.45) is -1.54. The fourth-order valence-corrected chi connectivity index (χ4v) is 2.46. The second kappa shape index (κ2) is 7.82. The number of carbonyl (C=O) groups is 1. The minimum Gasteiger partial charge on any atom is -0.465 e. The van der Waals surface area contributed by atoms with E-state index in [1.807, 2.05) is 48.5 Å². The number of nitrogens with zero attached hydrogens (tertiary/aromatic N) is 1. The minimum atomic E-state index is -1.05. The molecular formula is C17H18ClNO3. The zero-order valence-corrected chi connectivity index (χ0v) is 12.8. The van der Waals surface area contributed by atoms with Crippen LogP contribution in [-0.4, -0.2) is 33.9 Å². The topological polar surface area (TPSA) is 60.8 Å². The van der Waals surface area contributed by atoms with Crippen molar-refractivity contribution in [3.63, 3.8) is 0 Å². The zero-order chi connectivity index (χ0) is 15.9. The van der Waals surface area contributed by atoms with Gasteiger partial charge < -0.3 is 15.1 Å². The van der Waals surface area contributed by atoms with Gasteiger partial charge in [0, 0.05) is 18.0 Å². The van der Waals surface area contributed by atoms with Crippen molar-refractivity contribution in [3.8, 4) is 0 Å². The highest BCUT2D eigenvalue weighted by atomic mass is 35.5. The molecule has 2 aromatic rings. The van der Waals surface area contributed by atoms with Gasteiger partial charge in [-0.1, -0.05) is 60.1 Å². The highest BCUT2D eigenvalue weighted by Crippen LogP contribution is 2.17. The largest absolute Gasteiger partial charge is 0.465 e. The average molecular weight is 320 g/mol. The van der Waals surface area contributed by atoms with Crippen LogP contribution in [0.4, 0.5) is 4.79 Å². The molecule has 5 heteroatoms. The molecule has 0 saturated heterocycles. The van der Waals surface area contributed by atoms with Crippen LogP contribution in [0.25, 0.3) is 0 Å². The summed E-state index contributed by atoms with van der Waals surface area (Å²) in [5.41, 5.74) is 1.69. The van der Waals surface area contributed by atoms with Gasteiger partial charge in [-0.15, -0.1) is 0 Å². The van der Waals surface area contributed by atoms with Gasteiger partial charge in [-0.2, -0.15) is 0 Å². The fraction of sp³-hybridized carbons (Fsp3) is 0.235. The van der Waals surface area contributed by atoms with Crippen LogP contribution in [0.1, 0.15) is 11.1 Å². The quantitative estimate of drug-likeness (QED) is 0.857. The Bertz CT molecular complexity index is 618. The Morgan fingerprint density at radius 2 is 1.73 bits per heavy atom. The summed E-state index contributed by atoms with van der Waals surface area (Å²) in [4.78, 5) is 12.6. The summed E-state index contributed by atoms with van der Waals surface area (Å²) < 4.78 is 0. The first kappa shape index (κ1) is 16.3. The Labute approximate surface area is 134 Å². The van der Waals surface area contributed by atoms with Crippen molar-refractivity contribution >= 4 is 17.7 Å². The van der Waals surface area contributed by atoms with Crippen LogP contribution in [0.2, 0.25) is 5.02 Å². The highest BCUT2D eigenvalue weighted by molar-refractivity contribution is 6.31. The Kier molecular flexibility index (Phi) is 5.81. The van der Waals surface area contributed by atoms with Gasteiger partial charge >= 0.3 is 6.09 Å². The lowest BCUT2D eigenvalue weighted by atomic mass is 10.1. The second-order valence-electron chi connectivity index (χ2n) is 5.10. The number of hydrogen-bond donors (Lipinski definition) is 2. The van der Waals surface area contributed by atoms with Gasteiger partial charge in [-0.05, 0) is 17.2 Å². The van der Waals surface area contributed by atoms with Gasteiger partial charge in [0.1, 0.15) is 0 Å². The summed E-state index contributed by atoms with van der Waals surface area (Å²) in [5.74, 6) is 0. The van der Waals surface area contributed by atoms with Crippen LogP contribution >= 0.6 is 11.6 Å². The molecule has 2 rings (SSSR count). The molecule has 0 bridgehead atoms. The average Bonchev–Trinajstić information content (AvgIpc) is 2.50. The van der Waals surface area contributed by atoms with Crippen molar-refractivity contribution in [2.75, 3.05) is 6.54 Å². The van der Waals surface area contributed by atoms with E-state index in [9.17, 15) is 15.0 Å². The summed E-state index contributed by atoms with van der Waals surface area (Å²) in [7, 11) is 0. The third-order valence-corrected chi connectivity index (χ3v) is 3.70. The normalized spacial score (nSPS) is 11.9. The van der Waals surface area contributed by atoms with Gasteiger partial charge in [-0.3, -0.25) is 0 Å². The first-order valence-corrected chi connectivity index (χ1v) is 7.37. The molecule has 2 aromatic carbocycles. The summed E-state index contributed by atoms with van der Waals surface area (Å²) in [6, 6.07) is 16.5. The number of aliphatic hydroxyl groups excluding tert-OH is 1. The predicted molar refractivity (Wildman–Crippen MR) is 86.0 cm³/mol. The van der Waals surface area contributed by atoms with Crippen LogP contribution in [-0.2, 0) is 13.0 Å². The van der Waals surface area contributed by atoms with Gasteiger partial charge in [0.2, 0.25) is 0 Å². The molecule has 0 aliphatic heterocycles. The van der Waals surface area contributed by atoms with E-state index in [0.717, 1.165) is 11.1 Å². The van der Waals surface area contributed by atoms with Crippen LogP contribution in [0.5, 0.6) is 0 Å². The van der Waals surface area contributed by atoms with Crippen molar-refractivity contribution in [1.82, 2.24) is 4.90 Å². The maximum Gasteiger partial charge on any atom is 0.407 e. The van der Waals surface area contributed by atoms with Crippen molar-refractivity contribution in [1.29, 1.82) is 0 Å². The SMILES string of the molecule is O=C(O)N(Cc1ccccc1)C[C@H](O)Cc1ccccc1Cl. The first-order valence-electron chi connectivity index (χ1n) is 6.99. The molecule has 2 N–H and O–H groups in total. The number of benzene rings is 2. The Morgan fingerprint density at radius 1 is 1.09 bits per heavy atom. The predicted octanol–water partition coefficient (Wildman–Crippen LogP) is 3.42. The molecule has 0 aliphatic carbocycles. The molecule has 4 nitrogen and oxygen atoms in total. The molecule has 1 amide bonds. The van der Waals surface area contributed by atoms with Crippen molar-refractivity contribution in [2.45, 2.75) is 19.1 Å². The molecule has 0 spiro atoms. The third-order valence-electron chi connectivity index (χ3n) is 3.33. The molecule has 0 radical (unpaired) electrons. The monoisotopic (exact) mass is 319 g/mol. The van der Waals surface area contributed by atoms with Gasteiger partial charge in [0.25, 0.3) is 0 Å². The number of amides is 1. The number of aliphatic hydroxyl groups is 1. The molecule has 116 valence electrons. The standard InChI is InChI=1S/C17H18ClNO3/c18-16-9-5-4-8-14(16)10-15(20)12-19(17(21)22)11-13-6-2-1-3-7-13/h1-9,15,20H,10-12H2,(H,21,22)/t15-/m1/s1. The number of rotatable bonds is 6. The van der Waals surface area contributed by atoms with E-state index >= 15 is 0 Å². The number of halogens is 1. The Morgan fingerprint density at radius 3 is 2.36 bits per heavy atom. The lowest BCUT2D eigenvalue weighted by Gasteiger charge is -2.23. The van der Waals surface area contributed by atoms with Crippen molar-refractivity contribution in [2.24, 2.45) is 0 Å². The van der Waals surface area contributed by atoms with Crippen LogP contribution in [0, 0.1) is 0 Å². The van der Waals surface area contributed by atoms with Gasteiger partial charge in [-0.25, -0.2) is 4.79 Å². The summed E-state index contributed by atoms with van der Waals surface area (Å²) in [6.45, 7) is 0.283. The van der Waals surface area contributed by atoms with E-state index < -0.39 is 12.2 Å². The Balaban J connectivity index is 1.99. The maximum absolute atomic E-state index is 11.3. The molecule has 0 saturated carbocycles. The van der Waals surface area contributed by atoms with Crippen LogP contribution in [0.3, 0.4) is 0 Å². The van der Waals surface area contributed by atoms with E-state index in [-0.39, 0.29) is 13.1 Å². The van der Waals surface area contributed by atoms with Gasteiger partial charge in [0.05, 0.1) is 12.6 Å². The first-order chi connectivity index (χ1) is 10.6. The van der Waals surface area contributed by atoms with Crippen molar-refractivity contribution < 1.29 is 15.0 Å². The molecule has 0 aromatic heterocycles. The smallest absolute Gasteiger partial charge is 0.407 e. The van der Waals surface area contributed by atoms with Crippen LogP contribution in [0.15, 0.2) is 54.6 Å². The van der Waals surface area contributed by atoms with E-state index in [2.05, 4.69) is 0 Å². The van der Waals surface area contributed by atoms with E-state index in [1.54, 1.807) is 6.07 Å². The molecule has 0 fully saturated rings. The third kappa shape index (κ3) is 4.76. The zero-order valence-electron chi connectivity index (χ0n) is 12.0. The second-order valence-corrected chi connectivity index (χ2v) is 5.51. The lowest BCUT2D eigenvalue weighted by molar-refractivity contribution is 0.0935. The minimum absolute atomic E-state index is 0.0372. The summed E-state index contributed by atoms with van der Waals surface area (Å²) >= 11 is 6.06. The highest BCUT2D eigenvalue weighted by Gasteiger charge is 2.18. The molecule has 0 heterocycles. The number of hydrogen-bond acceptors (Lipinski definition) is 2. The Hall–Kier alpha value is -2.04. The molecule has 0 unspecified atom stereocenters. The van der Waals surface area contributed by atoms with Crippen LogP contribution < -0.4 is 0 Å². The number of carboxylic acid groups (broad SMARTS) is 1. The molecule has 22 heavy (non-hydrogen) atoms. The van der Waals surface area contributed by atoms with Crippen molar-refractivity contribution in [3.05, 3.63) is 70.7 Å². The maximum atomic E-state index is 11.3. The molecular weight excluding hydrogens is 302 g/mol. The summed E-state index contributed by atoms with van der Waals surface area (Å²) in [5, 5.41) is 20.0. The van der Waals surface area contributed by atoms with Gasteiger partial charge in [0.15, 0.2) is 0 Å². The van der Waals surface area contributed by atoms with E-state index in [0.29, 0.717) is 11.4 Å². The molecule has 1 atom stereocenters. The lowest BCUT2D eigenvalue weighted by Crippen LogP contribution is -2.37. The molecule has 0 aliphatic rings. The van der Waals surface area contributed by atoms with E-state index in [4.69, 9.17) is 11.6 Å². The fourth-order valence-electron chi connectivity index (χ4n) is 2.25.